The molecule has 2 N–H and O–H groups in total. The van der Waals surface area contributed by atoms with Gasteiger partial charge in [-0.15, -0.1) is 0 Å². The van der Waals surface area contributed by atoms with Gasteiger partial charge in [-0.2, -0.15) is 0 Å². The number of phenolic OH excluding ortho intramolecular Hbond substituents is 1. The van der Waals surface area contributed by atoms with Crippen molar-refractivity contribution in [2.45, 2.75) is 6.92 Å². The Kier molecular flexibility index (Phi) is 4.33. The topological polar surface area (TPSA) is 84.9 Å². The fourth-order valence-corrected chi connectivity index (χ4v) is 1.15. The van der Waals surface area contributed by atoms with Gasteiger partial charge in [-0.25, -0.2) is 0 Å². The third kappa shape index (κ3) is 4.02. The number of methoxy groups -OCH3 is 1. The van der Waals surface area contributed by atoms with Gasteiger partial charge in [0.1, 0.15) is 11.5 Å². The molecule has 0 unspecified atom stereocenters. The van der Waals surface area contributed by atoms with Gasteiger partial charge in [0.05, 0.1) is 12.8 Å². The normalized spacial score (nSPS) is 9.53. The van der Waals surface area contributed by atoms with Crippen molar-refractivity contribution in [1.29, 1.82) is 0 Å². The maximum absolute atomic E-state index is 11.4. The van der Waals surface area contributed by atoms with Crippen molar-refractivity contribution in [3.05, 3.63) is 18.2 Å². The van der Waals surface area contributed by atoms with Crippen LogP contribution in [-0.4, -0.2) is 30.7 Å². The third-order valence-corrected chi connectivity index (χ3v) is 1.86. The molecule has 1 aromatic rings. The van der Waals surface area contributed by atoms with Crippen LogP contribution in [0, 0.1) is 0 Å². The fourth-order valence-electron chi connectivity index (χ4n) is 1.15. The van der Waals surface area contributed by atoms with Crippen LogP contribution < -0.4 is 10.1 Å². The monoisotopic (exact) mass is 239 g/mol. The van der Waals surface area contributed by atoms with Crippen LogP contribution in [0.5, 0.6) is 11.5 Å². The zero-order valence-corrected chi connectivity index (χ0v) is 9.52. The van der Waals surface area contributed by atoms with Crippen molar-refractivity contribution >= 4 is 17.6 Å². The van der Waals surface area contributed by atoms with E-state index in [2.05, 4.69) is 10.1 Å². The second-order valence-corrected chi connectivity index (χ2v) is 3.21. The van der Waals surface area contributed by atoms with E-state index in [1.807, 2.05) is 0 Å². The van der Waals surface area contributed by atoms with Gasteiger partial charge in [0.2, 0.25) is 0 Å². The molecule has 0 aliphatic rings. The number of ether oxygens (including phenoxy) is 2. The van der Waals surface area contributed by atoms with Gasteiger partial charge >= 0.3 is 5.97 Å². The molecule has 6 nitrogen and oxygen atoms in total. The van der Waals surface area contributed by atoms with Gasteiger partial charge in [0, 0.05) is 13.0 Å². The molecule has 0 spiro atoms. The minimum atomic E-state index is -0.539. The lowest BCUT2D eigenvalue weighted by atomic mass is 10.2. The lowest BCUT2D eigenvalue weighted by Gasteiger charge is -2.10. The number of benzene rings is 1. The molecule has 0 aliphatic heterocycles. The van der Waals surface area contributed by atoms with Crippen LogP contribution in [0.2, 0.25) is 0 Å². The Morgan fingerprint density at radius 1 is 1.41 bits per heavy atom. The number of amides is 1. The molecule has 1 aromatic carbocycles. The molecule has 0 saturated carbocycles. The fraction of sp³-hybridized carbons (Fsp3) is 0.273. The lowest BCUT2D eigenvalue weighted by Crippen LogP contribution is -2.20. The third-order valence-electron chi connectivity index (χ3n) is 1.86. The number of carbonyl (C=O) groups is 2. The number of nitrogens with one attached hydrogen (secondary N) is 1. The van der Waals surface area contributed by atoms with Crippen molar-refractivity contribution < 1.29 is 24.2 Å². The summed E-state index contributed by atoms with van der Waals surface area (Å²) in [7, 11) is 1.44. The second-order valence-electron chi connectivity index (χ2n) is 3.21. The van der Waals surface area contributed by atoms with E-state index in [-0.39, 0.29) is 12.4 Å². The van der Waals surface area contributed by atoms with Gasteiger partial charge in [0.15, 0.2) is 6.61 Å². The molecule has 1 rings (SSSR count). The predicted octanol–water partition coefficient (Wildman–Crippen LogP) is 0.902. The van der Waals surface area contributed by atoms with E-state index in [1.165, 1.54) is 32.2 Å². The first-order valence-electron chi connectivity index (χ1n) is 4.83. The van der Waals surface area contributed by atoms with E-state index < -0.39 is 11.9 Å². The first-order chi connectivity index (χ1) is 8.02. The number of hydrogen-bond donors (Lipinski definition) is 2. The molecule has 0 radical (unpaired) electrons. The molecule has 17 heavy (non-hydrogen) atoms. The molecule has 0 aromatic heterocycles. The van der Waals surface area contributed by atoms with Crippen molar-refractivity contribution in [3.63, 3.8) is 0 Å². The summed E-state index contributed by atoms with van der Waals surface area (Å²) in [5.41, 5.74) is 0.310. The molecular formula is C11H13NO5. The Balaban J connectivity index is 2.69. The number of anilines is 1. The van der Waals surface area contributed by atoms with E-state index in [1.54, 1.807) is 0 Å². The first kappa shape index (κ1) is 12.8. The van der Waals surface area contributed by atoms with Crippen LogP contribution in [0.4, 0.5) is 5.69 Å². The molecule has 1 amide bonds. The molecule has 0 atom stereocenters. The number of aromatic hydroxyl groups is 1. The Labute approximate surface area is 98.2 Å². The summed E-state index contributed by atoms with van der Waals surface area (Å²) in [6.45, 7) is 0.830. The minimum Gasteiger partial charge on any atom is -0.508 e. The summed E-state index contributed by atoms with van der Waals surface area (Å²) >= 11 is 0. The van der Waals surface area contributed by atoms with Crippen molar-refractivity contribution in [1.82, 2.24) is 0 Å². The summed E-state index contributed by atoms with van der Waals surface area (Å²) in [4.78, 5) is 21.9. The van der Waals surface area contributed by atoms with Crippen LogP contribution in [0.3, 0.4) is 0 Å². The highest BCUT2D eigenvalue weighted by Crippen LogP contribution is 2.28. The highest BCUT2D eigenvalue weighted by molar-refractivity contribution is 5.94. The molecule has 0 heterocycles. The average Bonchev–Trinajstić information content (AvgIpc) is 2.27. The maximum Gasteiger partial charge on any atom is 0.303 e. The molecule has 0 bridgehead atoms. The van der Waals surface area contributed by atoms with Gasteiger partial charge < -0.3 is 19.9 Å². The summed E-state index contributed by atoms with van der Waals surface area (Å²) in [5.74, 6) is -0.653. The van der Waals surface area contributed by atoms with E-state index >= 15 is 0 Å². The van der Waals surface area contributed by atoms with E-state index in [4.69, 9.17) is 4.74 Å². The van der Waals surface area contributed by atoms with Gasteiger partial charge in [0.25, 0.3) is 5.91 Å². The largest absolute Gasteiger partial charge is 0.508 e. The van der Waals surface area contributed by atoms with Crippen LogP contribution in [-0.2, 0) is 14.3 Å². The first-order valence-corrected chi connectivity index (χ1v) is 4.83. The smallest absolute Gasteiger partial charge is 0.303 e. The highest BCUT2D eigenvalue weighted by atomic mass is 16.5. The van der Waals surface area contributed by atoms with Crippen molar-refractivity contribution in [2.24, 2.45) is 0 Å². The molecule has 0 fully saturated rings. The Morgan fingerprint density at radius 2 is 2.12 bits per heavy atom. The zero-order valence-electron chi connectivity index (χ0n) is 9.52. The zero-order chi connectivity index (χ0) is 12.8. The molecule has 6 heteroatoms. The standard InChI is InChI=1S/C11H13NO5/c1-7(13)17-6-11(15)12-9-5-8(14)3-4-10(9)16-2/h3-5,14H,6H2,1-2H3,(H,12,15). The van der Waals surface area contributed by atoms with E-state index in [0.717, 1.165) is 0 Å². The summed E-state index contributed by atoms with van der Waals surface area (Å²) < 4.78 is 9.52. The second kappa shape index (κ2) is 5.74. The van der Waals surface area contributed by atoms with Gasteiger partial charge in [-0.3, -0.25) is 9.59 Å². The average molecular weight is 239 g/mol. The van der Waals surface area contributed by atoms with Crippen molar-refractivity contribution in [3.8, 4) is 11.5 Å². The Morgan fingerprint density at radius 3 is 2.71 bits per heavy atom. The van der Waals surface area contributed by atoms with Gasteiger partial charge in [-0.05, 0) is 12.1 Å². The Bertz CT molecular complexity index is 430. The number of esters is 1. The van der Waals surface area contributed by atoms with Crippen molar-refractivity contribution in [2.75, 3.05) is 19.0 Å². The summed E-state index contributed by atoms with van der Waals surface area (Å²) in [5, 5.41) is 11.7. The molecule has 0 aliphatic carbocycles. The van der Waals surface area contributed by atoms with Gasteiger partial charge in [-0.1, -0.05) is 0 Å². The highest BCUT2D eigenvalue weighted by Gasteiger charge is 2.09. The molecule has 92 valence electrons. The summed E-state index contributed by atoms with van der Waals surface area (Å²) in [6, 6.07) is 4.28. The Hall–Kier alpha value is -2.24. The predicted molar refractivity (Wildman–Crippen MR) is 59.9 cm³/mol. The quantitative estimate of drug-likeness (QED) is 0.762. The van der Waals surface area contributed by atoms with Crippen LogP contribution in [0.25, 0.3) is 0 Å². The SMILES string of the molecule is COc1ccc(O)cc1NC(=O)COC(C)=O. The van der Waals surface area contributed by atoms with E-state index in [0.29, 0.717) is 11.4 Å². The molecular weight excluding hydrogens is 226 g/mol. The number of hydrogen-bond acceptors (Lipinski definition) is 5. The summed E-state index contributed by atoms with van der Waals surface area (Å²) in [6.07, 6.45) is 0. The molecule has 0 saturated heterocycles. The number of phenols is 1. The number of rotatable bonds is 4. The van der Waals surface area contributed by atoms with E-state index in [9.17, 15) is 14.7 Å². The maximum atomic E-state index is 11.4. The van der Waals surface area contributed by atoms with Crippen LogP contribution in [0.15, 0.2) is 18.2 Å². The minimum absolute atomic E-state index is 0.00594. The number of carbonyl (C=O) groups excluding carboxylic acids is 2. The lowest BCUT2D eigenvalue weighted by molar-refractivity contribution is -0.144. The van der Waals surface area contributed by atoms with Crippen LogP contribution >= 0.6 is 0 Å². The van der Waals surface area contributed by atoms with Crippen LogP contribution in [0.1, 0.15) is 6.92 Å².